The van der Waals surface area contributed by atoms with Crippen LogP contribution in [0.4, 0.5) is 0 Å². The molecular weight excluding hydrogens is 404 g/mol. The molecule has 2 N–H and O–H groups in total. The van der Waals surface area contributed by atoms with E-state index < -0.39 is 0 Å². The van der Waals surface area contributed by atoms with Gasteiger partial charge >= 0.3 is 0 Å². The molecule has 6 nitrogen and oxygen atoms in total. The quantitative estimate of drug-likeness (QED) is 0.781. The van der Waals surface area contributed by atoms with Crippen LogP contribution in [0.1, 0.15) is 36.0 Å². The maximum absolute atomic E-state index is 12.5. The van der Waals surface area contributed by atoms with Crippen LogP contribution in [0, 0.1) is 0 Å². The molecule has 1 unspecified atom stereocenters. The highest BCUT2D eigenvalue weighted by atomic mass is 35.5. The Bertz CT molecular complexity index is 882. The lowest BCUT2D eigenvalue weighted by atomic mass is 9.97. The zero-order valence-corrected chi connectivity index (χ0v) is 17.8. The highest BCUT2D eigenvalue weighted by Gasteiger charge is 2.21. The summed E-state index contributed by atoms with van der Waals surface area (Å²) in [6.07, 6.45) is 4.42. The van der Waals surface area contributed by atoms with Crippen molar-refractivity contribution in [3.05, 3.63) is 26.6 Å². The maximum Gasteiger partial charge on any atom is 0.259 e. The van der Waals surface area contributed by atoms with Crippen molar-refractivity contribution < 1.29 is 4.79 Å². The van der Waals surface area contributed by atoms with Crippen molar-refractivity contribution in [3.8, 4) is 0 Å². The number of rotatable bonds is 4. The molecule has 0 aromatic carbocycles. The van der Waals surface area contributed by atoms with Crippen LogP contribution >= 0.6 is 35.5 Å². The maximum atomic E-state index is 12.5. The van der Waals surface area contributed by atoms with Gasteiger partial charge in [0, 0.05) is 30.6 Å². The van der Waals surface area contributed by atoms with E-state index >= 15 is 0 Å². The molecule has 2 aromatic rings. The predicted octanol–water partition coefficient (Wildman–Crippen LogP) is 2.34. The number of nitrogens with zero attached hydrogens (tertiary/aromatic N) is 2. The summed E-state index contributed by atoms with van der Waals surface area (Å²) in [4.78, 5) is 36.6. The second-order valence-corrected chi connectivity index (χ2v) is 9.16. The largest absolute Gasteiger partial charge is 0.339 e. The molecule has 0 bridgehead atoms. The zero-order chi connectivity index (χ0) is 18.1. The van der Waals surface area contributed by atoms with Gasteiger partial charge in [0.15, 0.2) is 0 Å². The minimum atomic E-state index is -0.0211. The second kappa shape index (κ2) is 8.94. The van der Waals surface area contributed by atoms with Crippen LogP contribution in [0.15, 0.2) is 4.79 Å². The van der Waals surface area contributed by atoms with Crippen LogP contribution < -0.4 is 10.9 Å². The van der Waals surface area contributed by atoms with Crippen molar-refractivity contribution in [2.75, 3.05) is 25.4 Å². The Balaban J connectivity index is 0.00000210. The fraction of sp³-hybridized carbons (Fsp3) is 0.611. The molecule has 1 aliphatic carbocycles. The molecule has 0 spiro atoms. The van der Waals surface area contributed by atoms with Crippen LogP contribution in [-0.2, 0) is 23.4 Å². The SMILES string of the molecule is CC1CN(C(=O)CSCc2nc3sc4c(c3c(=O)[nH]2)CCCC4)CCN1.Cl. The molecule has 1 amide bonds. The van der Waals surface area contributed by atoms with Gasteiger partial charge in [0.1, 0.15) is 10.7 Å². The van der Waals surface area contributed by atoms with Gasteiger partial charge in [0.05, 0.1) is 16.9 Å². The first-order valence-corrected chi connectivity index (χ1v) is 11.2. The number of thioether (sulfide) groups is 1. The topological polar surface area (TPSA) is 78.1 Å². The normalized spacial score (nSPS) is 19.6. The van der Waals surface area contributed by atoms with Gasteiger partial charge in [0.25, 0.3) is 5.56 Å². The number of aryl methyl sites for hydroxylation is 2. The molecule has 1 saturated heterocycles. The molecule has 148 valence electrons. The number of fused-ring (bicyclic) bond motifs is 3. The Morgan fingerprint density at radius 2 is 2.19 bits per heavy atom. The Morgan fingerprint density at radius 3 is 3.00 bits per heavy atom. The molecule has 1 aliphatic heterocycles. The third-order valence-electron chi connectivity index (χ3n) is 5.06. The number of carbonyl (C=O) groups excluding carboxylic acids is 1. The predicted molar refractivity (Wildman–Crippen MR) is 114 cm³/mol. The van der Waals surface area contributed by atoms with Gasteiger partial charge in [-0.25, -0.2) is 4.98 Å². The monoisotopic (exact) mass is 428 g/mol. The standard InChI is InChI=1S/C18H24N4O2S2.ClH/c1-11-8-22(7-6-19-11)15(23)10-25-9-14-20-17(24)16-12-4-2-3-5-13(12)26-18(16)21-14;/h11,19H,2-10H2,1H3,(H,20,21,24);1H. The highest BCUT2D eigenvalue weighted by molar-refractivity contribution is 7.99. The molecule has 0 radical (unpaired) electrons. The molecule has 9 heteroatoms. The molecule has 2 aliphatic rings. The lowest BCUT2D eigenvalue weighted by Crippen LogP contribution is -2.51. The van der Waals surface area contributed by atoms with E-state index in [1.54, 1.807) is 11.3 Å². The molecule has 1 atom stereocenters. The number of hydrogen-bond acceptors (Lipinski definition) is 6. The van der Waals surface area contributed by atoms with E-state index in [4.69, 9.17) is 0 Å². The number of thiophene rings is 1. The first-order chi connectivity index (χ1) is 12.6. The van der Waals surface area contributed by atoms with E-state index in [2.05, 4.69) is 22.2 Å². The van der Waals surface area contributed by atoms with Gasteiger partial charge in [-0.3, -0.25) is 9.59 Å². The van der Waals surface area contributed by atoms with Crippen molar-refractivity contribution in [1.29, 1.82) is 0 Å². The van der Waals surface area contributed by atoms with Crippen LogP contribution in [0.5, 0.6) is 0 Å². The van der Waals surface area contributed by atoms with Gasteiger partial charge in [-0.05, 0) is 38.2 Å². The summed E-state index contributed by atoms with van der Waals surface area (Å²) in [7, 11) is 0. The average molecular weight is 429 g/mol. The van der Waals surface area contributed by atoms with Gasteiger partial charge in [-0.15, -0.1) is 35.5 Å². The summed E-state index contributed by atoms with van der Waals surface area (Å²) in [5.74, 6) is 1.82. The number of nitrogens with one attached hydrogen (secondary N) is 2. The third kappa shape index (κ3) is 4.50. The summed E-state index contributed by atoms with van der Waals surface area (Å²) in [6.45, 7) is 4.48. The molecule has 4 rings (SSSR count). The summed E-state index contributed by atoms with van der Waals surface area (Å²) >= 11 is 3.19. The van der Waals surface area contributed by atoms with E-state index in [-0.39, 0.29) is 23.9 Å². The number of H-pyrrole nitrogens is 1. The minimum Gasteiger partial charge on any atom is -0.339 e. The van der Waals surface area contributed by atoms with E-state index in [1.165, 1.54) is 28.6 Å². The van der Waals surface area contributed by atoms with E-state index in [1.807, 2.05) is 4.90 Å². The summed E-state index contributed by atoms with van der Waals surface area (Å²) in [6, 6.07) is 0.350. The Labute approximate surface area is 172 Å². The van der Waals surface area contributed by atoms with E-state index in [0.717, 1.165) is 49.1 Å². The number of amides is 1. The second-order valence-electron chi connectivity index (χ2n) is 7.09. The fourth-order valence-corrected chi connectivity index (χ4v) is 5.83. The highest BCUT2D eigenvalue weighted by Crippen LogP contribution is 2.33. The number of hydrogen-bond donors (Lipinski definition) is 2. The molecule has 27 heavy (non-hydrogen) atoms. The van der Waals surface area contributed by atoms with Crippen molar-refractivity contribution in [1.82, 2.24) is 20.2 Å². The number of aromatic amines is 1. The summed E-state index contributed by atoms with van der Waals surface area (Å²) < 4.78 is 0. The van der Waals surface area contributed by atoms with Gasteiger partial charge in [0.2, 0.25) is 5.91 Å². The van der Waals surface area contributed by atoms with Gasteiger partial charge in [-0.2, -0.15) is 0 Å². The average Bonchev–Trinajstić information content (AvgIpc) is 3.00. The molecule has 0 saturated carbocycles. The summed E-state index contributed by atoms with van der Waals surface area (Å²) in [5, 5.41) is 4.14. The van der Waals surface area contributed by atoms with E-state index in [9.17, 15) is 9.59 Å². The van der Waals surface area contributed by atoms with Crippen molar-refractivity contribution in [2.24, 2.45) is 0 Å². The lowest BCUT2D eigenvalue weighted by molar-refractivity contribution is -0.129. The minimum absolute atomic E-state index is 0. The number of carbonyl (C=O) groups is 1. The van der Waals surface area contributed by atoms with Crippen LogP contribution in [0.25, 0.3) is 10.2 Å². The first kappa shape index (κ1) is 20.6. The number of piperazine rings is 1. The van der Waals surface area contributed by atoms with Crippen molar-refractivity contribution in [3.63, 3.8) is 0 Å². The van der Waals surface area contributed by atoms with Crippen LogP contribution in [0.3, 0.4) is 0 Å². The zero-order valence-electron chi connectivity index (χ0n) is 15.4. The Morgan fingerprint density at radius 1 is 1.37 bits per heavy atom. The Kier molecular flexibility index (Phi) is 6.83. The van der Waals surface area contributed by atoms with Crippen LogP contribution in [0.2, 0.25) is 0 Å². The molecular formula is C18H25ClN4O2S2. The molecule has 1 fully saturated rings. The Hall–Kier alpha value is -1.09. The van der Waals surface area contributed by atoms with Crippen LogP contribution in [-0.4, -0.2) is 52.2 Å². The third-order valence-corrected chi connectivity index (χ3v) is 7.17. The number of aromatic nitrogens is 2. The van der Waals surface area contributed by atoms with E-state index in [0.29, 0.717) is 23.4 Å². The lowest BCUT2D eigenvalue weighted by Gasteiger charge is -2.31. The van der Waals surface area contributed by atoms with Crippen molar-refractivity contribution in [2.45, 2.75) is 44.4 Å². The smallest absolute Gasteiger partial charge is 0.259 e. The molecule has 2 aromatic heterocycles. The van der Waals surface area contributed by atoms with Gasteiger partial charge in [-0.1, -0.05) is 0 Å². The first-order valence-electron chi connectivity index (χ1n) is 9.24. The van der Waals surface area contributed by atoms with Crippen molar-refractivity contribution >= 4 is 51.6 Å². The number of halogens is 1. The fourth-order valence-electron chi connectivity index (χ4n) is 3.76. The van der Waals surface area contributed by atoms with Gasteiger partial charge < -0.3 is 15.2 Å². The summed E-state index contributed by atoms with van der Waals surface area (Å²) in [5.41, 5.74) is 1.19. The molecule has 3 heterocycles.